The molecule has 1 unspecified atom stereocenters. The molecule has 3 N–H and O–H groups in total. The third-order valence-corrected chi connectivity index (χ3v) is 6.46. The maximum Gasteiger partial charge on any atom is 0.165 e. The molecule has 8 heteroatoms. The van der Waals surface area contributed by atoms with E-state index in [1.165, 1.54) is 19.2 Å². The summed E-state index contributed by atoms with van der Waals surface area (Å²) in [4.78, 5) is 4.75. The number of nitrogens with zero attached hydrogens (tertiary/aromatic N) is 2. The highest BCUT2D eigenvalue weighted by atomic mass is 32.2. The topological polar surface area (TPSA) is 89.6 Å². The Kier molecular flexibility index (Phi) is 5.33. The Morgan fingerprint density at radius 2 is 2.10 bits per heavy atom. The number of halogens is 1. The maximum absolute atomic E-state index is 14.3. The summed E-state index contributed by atoms with van der Waals surface area (Å²) in [7, 11) is -1.53. The molecule has 1 heterocycles. The first-order valence-electron chi connectivity index (χ1n) is 9.42. The van der Waals surface area contributed by atoms with E-state index in [1.54, 1.807) is 30.5 Å². The Morgan fingerprint density at radius 3 is 2.73 bits per heavy atom. The van der Waals surface area contributed by atoms with Crippen molar-refractivity contribution in [1.29, 1.82) is 0 Å². The van der Waals surface area contributed by atoms with E-state index in [1.807, 2.05) is 0 Å². The first kappa shape index (κ1) is 20.1. The van der Waals surface area contributed by atoms with Gasteiger partial charge in [-0.2, -0.15) is 0 Å². The third kappa shape index (κ3) is 4.08. The first-order chi connectivity index (χ1) is 14.4. The summed E-state index contributed by atoms with van der Waals surface area (Å²) in [5, 5.41) is 9.67. The van der Waals surface area contributed by atoms with E-state index in [0.717, 1.165) is 12.8 Å². The Labute approximate surface area is 175 Å². The number of terminal acetylenes is 1. The van der Waals surface area contributed by atoms with E-state index >= 15 is 0 Å². The predicted octanol–water partition coefficient (Wildman–Crippen LogP) is 4.22. The fourth-order valence-electron chi connectivity index (χ4n) is 3.06. The number of hydrogen-bond acceptors (Lipinski definition) is 5. The number of anilines is 2. The molecule has 1 saturated carbocycles. The van der Waals surface area contributed by atoms with Crippen molar-refractivity contribution in [2.24, 2.45) is 15.4 Å². The van der Waals surface area contributed by atoms with Crippen LogP contribution < -0.4 is 15.2 Å². The number of ether oxygens (including phenoxy) is 1. The molecule has 6 nitrogen and oxygen atoms in total. The number of pyridine rings is 1. The van der Waals surface area contributed by atoms with Crippen LogP contribution in [-0.4, -0.2) is 22.8 Å². The van der Waals surface area contributed by atoms with Crippen LogP contribution in [0.4, 0.5) is 15.8 Å². The zero-order chi connectivity index (χ0) is 21.3. The number of benzene rings is 2. The van der Waals surface area contributed by atoms with Crippen LogP contribution in [0, 0.1) is 24.1 Å². The largest absolute Gasteiger partial charge is 0.494 e. The van der Waals surface area contributed by atoms with Crippen LogP contribution >= 0.6 is 0 Å². The first-order valence-corrected chi connectivity index (χ1v) is 11.0. The summed E-state index contributed by atoms with van der Waals surface area (Å²) < 4.78 is 36.2. The highest BCUT2D eigenvalue weighted by Crippen LogP contribution is 2.33. The van der Waals surface area contributed by atoms with E-state index in [-0.39, 0.29) is 5.75 Å². The van der Waals surface area contributed by atoms with Gasteiger partial charge in [-0.05, 0) is 49.1 Å². The molecule has 0 saturated heterocycles. The Bertz CT molecular complexity index is 1270. The molecular formula is C22H21FN4O2S. The monoisotopic (exact) mass is 424 g/mol. The van der Waals surface area contributed by atoms with E-state index in [0.29, 0.717) is 45.2 Å². The summed E-state index contributed by atoms with van der Waals surface area (Å²) in [6.45, 7) is 0.527. The van der Waals surface area contributed by atoms with Crippen molar-refractivity contribution in [3.05, 3.63) is 54.0 Å². The lowest BCUT2D eigenvalue weighted by Crippen LogP contribution is -2.13. The van der Waals surface area contributed by atoms with Gasteiger partial charge >= 0.3 is 0 Å². The van der Waals surface area contributed by atoms with Crippen molar-refractivity contribution in [2.75, 3.05) is 19.0 Å². The van der Waals surface area contributed by atoms with Gasteiger partial charge < -0.3 is 10.1 Å². The molecule has 154 valence electrons. The van der Waals surface area contributed by atoms with Gasteiger partial charge in [0.2, 0.25) is 0 Å². The highest BCUT2D eigenvalue weighted by Gasteiger charge is 2.21. The van der Waals surface area contributed by atoms with E-state index in [4.69, 9.17) is 16.3 Å². The second-order valence-corrected chi connectivity index (χ2v) is 9.04. The summed E-state index contributed by atoms with van der Waals surface area (Å²) in [6.07, 6.45) is 9.39. The molecule has 1 aromatic heterocycles. The molecule has 0 radical (unpaired) electrons. The number of nitrogens with one attached hydrogen (secondary N) is 1. The van der Waals surface area contributed by atoms with Crippen LogP contribution in [0.2, 0.25) is 0 Å². The minimum atomic E-state index is -2.92. The quantitative estimate of drug-likeness (QED) is 0.580. The van der Waals surface area contributed by atoms with Gasteiger partial charge in [-0.15, -0.1) is 6.42 Å². The standard InChI is InChI=1S/C22H21FN4O2S/c1-3-15-13-25-20-11-21(29-2)19(23)10-18(20)22(15)27-16-6-8-17(9-7-16)30(24,28)26-12-14-4-5-14/h1,6-11,13-14H,4-5,12H2,2H3,(H,25,27)(H2,24,26,28). The van der Waals surface area contributed by atoms with Crippen LogP contribution in [0.15, 0.2) is 51.9 Å². The molecule has 0 spiro atoms. The van der Waals surface area contributed by atoms with Crippen LogP contribution in [0.1, 0.15) is 18.4 Å². The SMILES string of the molecule is C#Cc1cnc2cc(OC)c(F)cc2c1Nc1ccc(S(N)(=O)=NCC2CC2)cc1. The number of methoxy groups -OCH3 is 1. The van der Waals surface area contributed by atoms with Crippen LogP contribution in [0.5, 0.6) is 5.75 Å². The van der Waals surface area contributed by atoms with Gasteiger partial charge in [0.25, 0.3) is 0 Å². The van der Waals surface area contributed by atoms with Crippen molar-refractivity contribution < 1.29 is 13.3 Å². The van der Waals surface area contributed by atoms with Gasteiger partial charge in [0.1, 0.15) is 9.92 Å². The van der Waals surface area contributed by atoms with Gasteiger partial charge in [-0.3, -0.25) is 4.98 Å². The predicted molar refractivity (Wildman–Crippen MR) is 117 cm³/mol. The average molecular weight is 425 g/mol. The summed E-state index contributed by atoms with van der Waals surface area (Å²) in [5.74, 6) is 2.66. The summed E-state index contributed by atoms with van der Waals surface area (Å²) in [6, 6.07) is 9.67. The van der Waals surface area contributed by atoms with Crippen LogP contribution in [0.3, 0.4) is 0 Å². The smallest absolute Gasteiger partial charge is 0.165 e. The number of fused-ring (bicyclic) bond motifs is 1. The number of rotatable bonds is 6. The molecule has 1 aliphatic rings. The van der Waals surface area contributed by atoms with Crippen LogP contribution in [0.25, 0.3) is 10.9 Å². The van der Waals surface area contributed by atoms with Gasteiger partial charge in [0, 0.05) is 23.3 Å². The van der Waals surface area contributed by atoms with Gasteiger partial charge in [0.15, 0.2) is 11.6 Å². The molecular weight excluding hydrogens is 403 g/mol. The molecule has 1 aliphatic carbocycles. The normalized spacial score (nSPS) is 15.3. The second kappa shape index (κ2) is 7.94. The van der Waals surface area contributed by atoms with E-state index in [9.17, 15) is 8.60 Å². The van der Waals surface area contributed by atoms with E-state index < -0.39 is 15.7 Å². The van der Waals surface area contributed by atoms with Crippen molar-refractivity contribution in [1.82, 2.24) is 4.98 Å². The highest BCUT2D eigenvalue weighted by molar-refractivity contribution is 7.91. The molecule has 3 aromatic rings. The van der Waals surface area contributed by atoms with Crippen molar-refractivity contribution in [3.63, 3.8) is 0 Å². The Balaban J connectivity index is 1.68. The van der Waals surface area contributed by atoms with E-state index in [2.05, 4.69) is 20.6 Å². The van der Waals surface area contributed by atoms with Crippen molar-refractivity contribution in [3.8, 4) is 18.1 Å². The lowest BCUT2D eigenvalue weighted by atomic mass is 10.1. The fraction of sp³-hybridized carbons (Fsp3) is 0.227. The fourth-order valence-corrected chi connectivity index (χ4v) is 4.17. The molecule has 1 atom stereocenters. The molecule has 1 fully saturated rings. The number of nitrogens with two attached hydrogens (primary N) is 1. The molecule has 0 amide bonds. The van der Waals surface area contributed by atoms with Crippen molar-refractivity contribution in [2.45, 2.75) is 17.7 Å². The third-order valence-electron chi connectivity index (χ3n) is 4.98. The zero-order valence-electron chi connectivity index (χ0n) is 16.4. The maximum atomic E-state index is 14.3. The van der Waals surface area contributed by atoms with Gasteiger partial charge in [0.05, 0.1) is 35.3 Å². The minimum Gasteiger partial charge on any atom is -0.494 e. The number of hydrogen-bond donors (Lipinski definition) is 2. The van der Waals surface area contributed by atoms with Gasteiger partial charge in [-0.1, -0.05) is 5.92 Å². The van der Waals surface area contributed by atoms with Crippen molar-refractivity contribution >= 4 is 32.2 Å². The average Bonchev–Trinajstić information content (AvgIpc) is 3.57. The Morgan fingerprint density at radius 1 is 1.37 bits per heavy atom. The summed E-state index contributed by atoms with van der Waals surface area (Å²) in [5.41, 5.74) is 2.24. The minimum absolute atomic E-state index is 0.103. The zero-order valence-corrected chi connectivity index (χ0v) is 17.2. The number of aromatic nitrogens is 1. The second-order valence-electron chi connectivity index (χ2n) is 7.17. The van der Waals surface area contributed by atoms with Gasteiger partial charge in [-0.25, -0.2) is 18.1 Å². The molecule has 2 aromatic carbocycles. The molecule has 30 heavy (non-hydrogen) atoms. The van der Waals surface area contributed by atoms with Crippen LogP contribution in [-0.2, 0) is 9.92 Å². The summed E-state index contributed by atoms with van der Waals surface area (Å²) >= 11 is 0. The molecule has 4 rings (SSSR count). The lowest BCUT2D eigenvalue weighted by Gasteiger charge is -2.14. The Hall–Kier alpha value is -3.15. The molecule has 0 bridgehead atoms. The molecule has 0 aliphatic heterocycles. The lowest BCUT2D eigenvalue weighted by molar-refractivity contribution is 0.387.